The van der Waals surface area contributed by atoms with Crippen LogP contribution in [0.5, 0.6) is 0 Å². The molecule has 2 aromatic carbocycles. The second kappa shape index (κ2) is 8.12. The van der Waals surface area contributed by atoms with Crippen molar-refractivity contribution in [2.75, 3.05) is 0 Å². The summed E-state index contributed by atoms with van der Waals surface area (Å²) in [5.41, 5.74) is 1.81. The van der Waals surface area contributed by atoms with E-state index in [0.29, 0.717) is 5.56 Å². The van der Waals surface area contributed by atoms with Gasteiger partial charge in [-0.2, -0.15) is 73.2 Å². The minimum atomic E-state index is -4.26. The topological polar surface area (TPSA) is 0 Å². The molecule has 0 aromatic heterocycles. The Bertz CT molecular complexity index is 519. The molecule has 2 rings (SSSR count). The number of rotatable bonds is 0. The molecule has 0 radical (unpaired) electrons. The Morgan fingerprint density at radius 1 is 1.10 bits per heavy atom. The summed E-state index contributed by atoms with van der Waals surface area (Å²) in [7, 11) is 0. The maximum Gasteiger partial charge on any atom is 2.00 e. The van der Waals surface area contributed by atoms with Crippen LogP contribution in [0.2, 0.25) is 0 Å². The molecule has 108 valence electrons. The second-order valence-corrected chi connectivity index (χ2v) is 4.22. The molecule has 0 unspecified atom stereocenters. The van der Waals surface area contributed by atoms with E-state index in [2.05, 4.69) is 26.0 Å². The van der Waals surface area contributed by atoms with Crippen molar-refractivity contribution < 1.29 is 33.0 Å². The first-order valence-electron chi connectivity index (χ1n) is 5.73. The Kier molecular flexibility index (Phi) is 7.61. The average molecular weight is 455 g/mol. The molecular weight excluding hydrogens is 439 g/mol. The van der Waals surface area contributed by atoms with Gasteiger partial charge in [0.2, 0.25) is 0 Å². The third-order valence-electron chi connectivity index (χ3n) is 2.54. The molecule has 0 amide bonds. The van der Waals surface area contributed by atoms with Crippen LogP contribution in [0.4, 0.5) is 13.2 Å². The maximum atomic E-state index is 12.1. The summed E-state index contributed by atoms with van der Waals surface area (Å²) >= 11 is 0. The number of alkyl halides is 3. The minimum Gasteiger partial charge on any atom is -0.198 e. The maximum absolute atomic E-state index is 12.1. The van der Waals surface area contributed by atoms with Crippen molar-refractivity contribution in [3.8, 4) is 0 Å². The fourth-order valence-corrected chi connectivity index (χ4v) is 1.33. The van der Waals surface area contributed by atoms with Gasteiger partial charge in [-0.05, 0) is 5.56 Å². The minimum absolute atomic E-state index is 0. The summed E-state index contributed by atoms with van der Waals surface area (Å²) in [5, 5.41) is 0. The number of aryl methyl sites for hydroxylation is 2. The van der Waals surface area contributed by atoms with Gasteiger partial charge in [-0.15, -0.1) is 6.07 Å². The average Bonchev–Trinajstić information content (AvgIpc) is 2.33. The molecule has 0 aliphatic heterocycles. The molecule has 0 aliphatic rings. The standard InChI is InChI=1S/C9H8F3.C7H7.Os/c1-6-3-4-8(5-7(6)2)9(10,11)12;1-7-5-3-2-4-6-7;/h3-5H,2H2,1H3;2-3,5-6H,1H3;/q2*-1;+2. The van der Waals surface area contributed by atoms with Crippen LogP contribution in [0, 0.1) is 26.8 Å². The van der Waals surface area contributed by atoms with Crippen molar-refractivity contribution in [2.24, 2.45) is 0 Å². The van der Waals surface area contributed by atoms with Crippen LogP contribution in [-0.4, -0.2) is 0 Å². The zero-order valence-corrected chi connectivity index (χ0v) is 13.8. The SMILES string of the molecule is Cc1c[c-]ccc1.[CH2-]c1cc(C(F)(F)F)ccc1C.[Os+2]. The van der Waals surface area contributed by atoms with Crippen molar-refractivity contribution in [3.63, 3.8) is 0 Å². The summed E-state index contributed by atoms with van der Waals surface area (Å²) in [6.07, 6.45) is -4.26. The third-order valence-corrected chi connectivity index (χ3v) is 2.54. The third kappa shape index (κ3) is 6.26. The first-order chi connectivity index (χ1) is 8.80. The molecule has 0 bridgehead atoms. The fourth-order valence-electron chi connectivity index (χ4n) is 1.33. The van der Waals surface area contributed by atoms with E-state index >= 15 is 0 Å². The van der Waals surface area contributed by atoms with E-state index in [9.17, 15) is 13.2 Å². The predicted molar refractivity (Wildman–Crippen MR) is 70.7 cm³/mol. The number of hydrogen-bond donors (Lipinski definition) is 0. The molecule has 0 aliphatic carbocycles. The molecule has 0 fully saturated rings. The Labute approximate surface area is 131 Å². The molecular formula is C16H15F3Os. The van der Waals surface area contributed by atoms with Gasteiger partial charge in [0.05, 0.1) is 0 Å². The van der Waals surface area contributed by atoms with Gasteiger partial charge in [-0.1, -0.05) is 19.9 Å². The Hall–Kier alpha value is -1.26. The summed E-state index contributed by atoms with van der Waals surface area (Å²) in [6.45, 7) is 7.27. The molecule has 0 spiro atoms. The van der Waals surface area contributed by atoms with Crippen LogP contribution >= 0.6 is 0 Å². The van der Waals surface area contributed by atoms with E-state index in [0.717, 1.165) is 17.7 Å². The number of halogens is 3. The van der Waals surface area contributed by atoms with Gasteiger partial charge in [0.25, 0.3) is 0 Å². The van der Waals surface area contributed by atoms with E-state index in [1.54, 1.807) is 6.92 Å². The molecule has 0 saturated heterocycles. The van der Waals surface area contributed by atoms with Crippen molar-refractivity contribution in [1.82, 2.24) is 0 Å². The summed E-state index contributed by atoms with van der Waals surface area (Å²) in [4.78, 5) is 0. The normalized spacial score (nSPS) is 10.1. The van der Waals surface area contributed by atoms with Crippen molar-refractivity contribution >= 4 is 0 Å². The zero-order valence-electron chi connectivity index (χ0n) is 11.2. The smallest absolute Gasteiger partial charge is 0.198 e. The zero-order chi connectivity index (χ0) is 14.5. The van der Waals surface area contributed by atoms with Gasteiger partial charge >= 0.3 is 26.0 Å². The van der Waals surface area contributed by atoms with Gasteiger partial charge in [0.15, 0.2) is 0 Å². The van der Waals surface area contributed by atoms with Crippen LogP contribution in [0.3, 0.4) is 0 Å². The second-order valence-electron chi connectivity index (χ2n) is 4.22. The van der Waals surface area contributed by atoms with E-state index in [1.807, 2.05) is 18.2 Å². The number of benzene rings is 2. The molecule has 0 saturated carbocycles. The van der Waals surface area contributed by atoms with Crippen LogP contribution in [-0.2, 0) is 26.0 Å². The van der Waals surface area contributed by atoms with Crippen LogP contribution in [0.1, 0.15) is 22.3 Å². The van der Waals surface area contributed by atoms with Crippen molar-refractivity contribution in [2.45, 2.75) is 20.0 Å². The Morgan fingerprint density at radius 3 is 2.10 bits per heavy atom. The van der Waals surface area contributed by atoms with E-state index in [-0.39, 0.29) is 19.8 Å². The van der Waals surface area contributed by atoms with E-state index < -0.39 is 11.7 Å². The largest absolute Gasteiger partial charge is 2.00 e. The predicted octanol–water partition coefficient (Wildman–Crippen LogP) is 4.99. The molecule has 0 atom stereocenters. The molecule has 0 heterocycles. The molecule has 20 heavy (non-hydrogen) atoms. The summed E-state index contributed by atoms with van der Waals surface area (Å²) in [6, 6.07) is 14.4. The monoisotopic (exact) mass is 456 g/mol. The van der Waals surface area contributed by atoms with Crippen LogP contribution in [0.25, 0.3) is 0 Å². The van der Waals surface area contributed by atoms with Gasteiger partial charge in [-0.25, -0.2) is 0 Å². The van der Waals surface area contributed by atoms with E-state index in [4.69, 9.17) is 0 Å². The van der Waals surface area contributed by atoms with Gasteiger partial charge < -0.3 is 0 Å². The van der Waals surface area contributed by atoms with Gasteiger partial charge in [-0.3, -0.25) is 0 Å². The molecule has 2 aromatic rings. The first kappa shape index (κ1) is 18.7. The van der Waals surface area contributed by atoms with Gasteiger partial charge in [0.1, 0.15) is 0 Å². The molecule has 4 heteroatoms. The van der Waals surface area contributed by atoms with Crippen molar-refractivity contribution in [1.29, 1.82) is 0 Å². The Morgan fingerprint density at radius 2 is 1.75 bits per heavy atom. The summed E-state index contributed by atoms with van der Waals surface area (Å²) < 4.78 is 36.2. The Balaban J connectivity index is 0.000000387. The number of hydrogen-bond acceptors (Lipinski definition) is 0. The van der Waals surface area contributed by atoms with Crippen LogP contribution < -0.4 is 0 Å². The van der Waals surface area contributed by atoms with Crippen LogP contribution in [0.15, 0.2) is 42.5 Å². The van der Waals surface area contributed by atoms with Crippen molar-refractivity contribution in [3.05, 3.63) is 77.7 Å². The van der Waals surface area contributed by atoms with E-state index in [1.165, 1.54) is 11.6 Å². The quantitative estimate of drug-likeness (QED) is 0.492. The fraction of sp³-hybridized carbons (Fsp3) is 0.188. The molecule has 0 N–H and O–H groups in total. The summed E-state index contributed by atoms with van der Waals surface area (Å²) in [5.74, 6) is 0. The first-order valence-corrected chi connectivity index (χ1v) is 5.73. The molecule has 0 nitrogen and oxygen atoms in total. The van der Waals surface area contributed by atoms with Gasteiger partial charge in [0, 0.05) is 0 Å².